The molecule has 0 saturated heterocycles. The summed E-state index contributed by atoms with van der Waals surface area (Å²) in [6.45, 7) is 0. The quantitative estimate of drug-likeness (QED) is 0.491. The molecule has 4 rings (SSSR count). The number of benzene rings is 3. The number of anilines is 1. The Labute approximate surface area is 173 Å². The number of methoxy groups -OCH3 is 1. The minimum absolute atomic E-state index is 0.287. The van der Waals surface area contributed by atoms with Crippen LogP contribution in [0.2, 0.25) is 0 Å². The van der Waals surface area contributed by atoms with E-state index in [-0.39, 0.29) is 5.89 Å². The summed E-state index contributed by atoms with van der Waals surface area (Å²) in [5.41, 5.74) is 2.18. The number of aromatic nitrogens is 2. The zero-order chi connectivity index (χ0) is 20.8. The Morgan fingerprint density at radius 2 is 1.57 bits per heavy atom. The van der Waals surface area contributed by atoms with Gasteiger partial charge in [0.05, 0.1) is 12.8 Å². The fourth-order valence-electron chi connectivity index (χ4n) is 3.02. The van der Waals surface area contributed by atoms with E-state index in [1.165, 1.54) is 0 Å². The third-order valence-corrected chi connectivity index (χ3v) is 4.47. The molecule has 0 aliphatic heterocycles. The van der Waals surface area contributed by atoms with Crippen molar-refractivity contribution in [2.45, 2.75) is 6.04 Å². The van der Waals surface area contributed by atoms with Gasteiger partial charge in [-0.05, 0) is 29.8 Å². The van der Waals surface area contributed by atoms with E-state index in [1.807, 2.05) is 72.8 Å². The van der Waals surface area contributed by atoms with E-state index in [4.69, 9.17) is 9.15 Å². The fraction of sp³-hybridized carbons (Fsp3) is 0.0870. The van der Waals surface area contributed by atoms with Gasteiger partial charge < -0.3 is 19.8 Å². The number of hydrogen-bond donors (Lipinski definition) is 2. The molecule has 0 fully saturated rings. The van der Waals surface area contributed by atoms with Crippen LogP contribution in [0.3, 0.4) is 0 Å². The minimum atomic E-state index is -0.620. The maximum absolute atomic E-state index is 12.7. The molecular weight excluding hydrogens is 380 g/mol. The molecule has 3 aromatic carbocycles. The predicted molar refractivity (Wildman–Crippen MR) is 113 cm³/mol. The number of carbonyl (C=O) groups is 1. The lowest BCUT2D eigenvalue weighted by Gasteiger charge is -2.17. The van der Waals surface area contributed by atoms with Gasteiger partial charge in [-0.1, -0.05) is 60.7 Å². The lowest BCUT2D eigenvalue weighted by Crippen LogP contribution is -2.33. The third-order valence-electron chi connectivity index (χ3n) is 4.47. The molecule has 7 nitrogen and oxygen atoms in total. The van der Waals surface area contributed by atoms with Crippen molar-refractivity contribution in [1.82, 2.24) is 15.5 Å². The Balaban J connectivity index is 1.60. The number of para-hydroxylation sites is 2. The second-order valence-electron chi connectivity index (χ2n) is 6.45. The smallest absolute Gasteiger partial charge is 0.320 e. The van der Waals surface area contributed by atoms with Crippen LogP contribution in [-0.2, 0) is 0 Å². The number of nitrogens with zero attached hydrogens (tertiary/aromatic N) is 2. The molecular formula is C23H20N4O3. The van der Waals surface area contributed by atoms with Gasteiger partial charge in [0.1, 0.15) is 11.8 Å². The summed E-state index contributed by atoms with van der Waals surface area (Å²) in [4.78, 5) is 12.7. The number of rotatable bonds is 6. The highest BCUT2D eigenvalue weighted by atomic mass is 16.5. The zero-order valence-electron chi connectivity index (χ0n) is 16.3. The van der Waals surface area contributed by atoms with E-state index in [0.29, 0.717) is 17.3 Å². The van der Waals surface area contributed by atoms with Crippen molar-refractivity contribution < 1.29 is 13.9 Å². The summed E-state index contributed by atoms with van der Waals surface area (Å²) in [6.07, 6.45) is 0. The van der Waals surface area contributed by atoms with E-state index in [1.54, 1.807) is 19.2 Å². The Bertz CT molecular complexity index is 1110. The van der Waals surface area contributed by atoms with Crippen LogP contribution in [0.25, 0.3) is 11.5 Å². The van der Waals surface area contributed by atoms with Crippen molar-refractivity contribution >= 4 is 11.7 Å². The standard InChI is InChI=1S/C23H20N4O3/c1-29-19-15-9-8-14-18(19)24-23(28)25-20(16-10-4-2-5-11-16)22-27-26-21(30-22)17-12-6-3-7-13-17/h2-15,20H,1H3,(H2,24,25,28)/t20-/m1/s1. The molecule has 0 aliphatic carbocycles. The Morgan fingerprint density at radius 1 is 0.900 bits per heavy atom. The summed E-state index contributed by atoms with van der Waals surface area (Å²) >= 11 is 0. The summed E-state index contributed by atoms with van der Waals surface area (Å²) in [5.74, 6) is 1.24. The first-order valence-electron chi connectivity index (χ1n) is 9.39. The normalized spacial score (nSPS) is 11.5. The van der Waals surface area contributed by atoms with Crippen LogP contribution < -0.4 is 15.4 Å². The molecule has 30 heavy (non-hydrogen) atoms. The second kappa shape index (κ2) is 8.91. The van der Waals surface area contributed by atoms with Crippen molar-refractivity contribution in [1.29, 1.82) is 0 Å². The predicted octanol–water partition coefficient (Wildman–Crippen LogP) is 4.66. The van der Waals surface area contributed by atoms with Crippen molar-refractivity contribution in [2.24, 2.45) is 0 Å². The Kier molecular flexibility index (Phi) is 5.70. The molecule has 0 saturated carbocycles. The molecule has 1 aromatic heterocycles. The van der Waals surface area contributed by atoms with Gasteiger partial charge in [-0.15, -0.1) is 10.2 Å². The van der Waals surface area contributed by atoms with Gasteiger partial charge in [0.25, 0.3) is 0 Å². The maximum Gasteiger partial charge on any atom is 0.320 e. The topological polar surface area (TPSA) is 89.3 Å². The highest BCUT2D eigenvalue weighted by molar-refractivity contribution is 5.91. The van der Waals surface area contributed by atoms with E-state index >= 15 is 0 Å². The number of carbonyl (C=O) groups excluding carboxylic acids is 1. The summed E-state index contributed by atoms with van der Waals surface area (Å²) < 4.78 is 11.2. The summed E-state index contributed by atoms with van der Waals surface area (Å²) in [7, 11) is 1.55. The number of urea groups is 1. The van der Waals surface area contributed by atoms with Crippen molar-refractivity contribution in [3.63, 3.8) is 0 Å². The van der Waals surface area contributed by atoms with E-state index in [0.717, 1.165) is 11.1 Å². The molecule has 1 heterocycles. The molecule has 150 valence electrons. The van der Waals surface area contributed by atoms with Gasteiger partial charge in [-0.2, -0.15) is 0 Å². The molecule has 0 bridgehead atoms. The number of nitrogens with one attached hydrogen (secondary N) is 2. The molecule has 0 radical (unpaired) electrons. The van der Waals surface area contributed by atoms with E-state index in [9.17, 15) is 4.79 Å². The van der Waals surface area contributed by atoms with Gasteiger partial charge in [-0.3, -0.25) is 0 Å². The molecule has 0 unspecified atom stereocenters. The highest BCUT2D eigenvalue weighted by Gasteiger charge is 2.23. The molecule has 2 N–H and O–H groups in total. The average Bonchev–Trinajstić information content (AvgIpc) is 3.29. The maximum atomic E-state index is 12.7. The largest absolute Gasteiger partial charge is 0.495 e. The van der Waals surface area contributed by atoms with Crippen LogP contribution in [0.1, 0.15) is 17.5 Å². The van der Waals surface area contributed by atoms with Crippen LogP contribution >= 0.6 is 0 Å². The second-order valence-corrected chi connectivity index (χ2v) is 6.45. The van der Waals surface area contributed by atoms with Crippen LogP contribution in [0.15, 0.2) is 89.3 Å². The molecule has 4 aromatic rings. The third kappa shape index (κ3) is 4.30. The van der Waals surface area contributed by atoms with Crippen LogP contribution in [-0.4, -0.2) is 23.3 Å². The average molecular weight is 400 g/mol. The summed E-state index contributed by atoms with van der Waals surface area (Å²) in [6, 6.07) is 25.1. The van der Waals surface area contributed by atoms with Gasteiger partial charge in [0, 0.05) is 5.56 Å². The summed E-state index contributed by atoms with van der Waals surface area (Å²) in [5, 5.41) is 14.0. The SMILES string of the molecule is COc1ccccc1NC(=O)N[C@H](c1ccccc1)c1nnc(-c2ccccc2)o1. The van der Waals surface area contributed by atoms with Crippen molar-refractivity contribution in [2.75, 3.05) is 12.4 Å². The Hall–Kier alpha value is -4.13. The van der Waals surface area contributed by atoms with Gasteiger partial charge >= 0.3 is 6.03 Å². The minimum Gasteiger partial charge on any atom is -0.495 e. The van der Waals surface area contributed by atoms with E-state index < -0.39 is 12.1 Å². The van der Waals surface area contributed by atoms with Crippen LogP contribution in [0, 0.1) is 0 Å². The first-order valence-corrected chi connectivity index (χ1v) is 9.39. The van der Waals surface area contributed by atoms with Crippen molar-refractivity contribution in [3.05, 3.63) is 96.4 Å². The lowest BCUT2D eigenvalue weighted by molar-refractivity contribution is 0.248. The molecule has 1 atom stereocenters. The van der Waals surface area contributed by atoms with Gasteiger partial charge in [0.2, 0.25) is 11.8 Å². The number of ether oxygens (including phenoxy) is 1. The molecule has 7 heteroatoms. The fourth-order valence-corrected chi connectivity index (χ4v) is 3.02. The number of amides is 2. The monoisotopic (exact) mass is 400 g/mol. The first kappa shape index (κ1) is 19.2. The zero-order valence-corrected chi connectivity index (χ0v) is 16.3. The molecule has 2 amide bonds. The lowest BCUT2D eigenvalue weighted by atomic mass is 10.1. The first-order chi connectivity index (χ1) is 14.7. The number of hydrogen-bond acceptors (Lipinski definition) is 5. The van der Waals surface area contributed by atoms with Crippen molar-refractivity contribution in [3.8, 4) is 17.2 Å². The van der Waals surface area contributed by atoms with Gasteiger partial charge in [0.15, 0.2) is 0 Å². The van der Waals surface area contributed by atoms with Crippen LogP contribution in [0.5, 0.6) is 5.75 Å². The highest BCUT2D eigenvalue weighted by Crippen LogP contribution is 2.26. The molecule has 0 spiro atoms. The van der Waals surface area contributed by atoms with Gasteiger partial charge in [-0.25, -0.2) is 4.79 Å². The Morgan fingerprint density at radius 3 is 2.30 bits per heavy atom. The van der Waals surface area contributed by atoms with E-state index in [2.05, 4.69) is 20.8 Å². The van der Waals surface area contributed by atoms with Crippen LogP contribution in [0.4, 0.5) is 10.5 Å². The molecule has 0 aliphatic rings.